The Labute approximate surface area is 168 Å². The molecule has 1 heterocycles. The van der Waals surface area contributed by atoms with Crippen LogP contribution in [0.1, 0.15) is 36.0 Å². The van der Waals surface area contributed by atoms with E-state index >= 15 is 0 Å². The summed E-state index contributed by atoms with van der Waals surface area (Å²) in [6.07, 6.45) is 2.39. The molecule has 150 valence electrons. The molecule has 0 aromatic heterocycles. The molecule has 1 fully saturated rings. The third-order valence-electron chi connectivity index (χ3n) is 4.96. The summed E-state index contributed by atoms with van der Waals surface area (Å²) in [6, 6.07) is 18.3. The molecule has 0 spiro atoms. The monoisotopic (exact) mass is 399 g/mol. The topological polar surface area (TPSA) is 61.8 Å². The quantitative estimate of drug-likeness (QED) is 0.599. The Kier molecular flexibility index (Phi) is 6.73. The number of hydrogen-bond acceptors (Lipinski definition) is 3. The number of hydrogen-bond donors (Lipinski definition) is 1. The van der Waals surface area contributed by atoms with Gasteiger partial charge in [0.2, 0.25) is 0 Å². The van der Waals surface area contributed by atoms with E-state index in [0.717, 1.165) is 43.1 Å². The second-order valence-electron chi connectivity index (χ2n) is 7.40. The van der Waals surface area contributed by atoms with E-state index in [9.17, 15) is 8.42 Å². The number of rotatable bonds is 6. The zero-order valence-corrected chi connectivity index (χ0v) is 17.5. The molecule has 0 amide bonds. The molecule has 1 unspecified atom stereocenters. The first-order valence-electron chi connectivity index (χ1n) is 9.78. The van der Waals surface area contributed by atoms with Gasteiger partial charge in [-0.05, 0) is 30.0 Å². The Hall–Kier alpha value is -2.34. The Morgan fingerprint density at radius 2 is 1.79 bits per heavy atom. The zero-order valence-electron chi connectivity index (χ0n) is 16.6. The van der Waals surface area contributed by atoms with Gasteiger partial charge in [0.05, 0.1) is 12.3 Å². The first-order valence-corrected chi connectivity index (χ1v) is 11.8. The van der Waals surface area contributed by atoms with Gasteiger partial charge >= 0.3 is 0 Å². The third-order valence-corrected chi connectivity index (χ3v) is 5.81. The maximum absolute atomic E-state index is 11.4. The molecule has 0 radical (unpaired) electrons. The lowest BCUT2D eigenvalue weighted by molar-refractivity contribution is 0.486. The summed E-state index contributed by atoms with van der Waals surface area (Å²) in [5.74, 6) is 1.56. The highest BCUT2D eigenvalue weighted by atomic mass is 32.2. The van der Waals surface area contributed by atoms with Crippen LogP contribution in [0.3, 0.4) is 0 Å². The standard InChI is InChI=1S/C22H29N3O2S/c1-3-23-22(25-14-13-21(16-25)20-7-5-4-6-8-20)24-15-18-9-11-19(12-10-18)17-28(2,26)27/h4-12,21H,3,13-17H2,1-2H3,(H,23,24). The van der Waals surface area contributed by atoms with Crippen molar-refractivity contribution in [3.8, 4) is 0 Å². The summed E-state index contributed by atoms with van der Waals surface area (Å²) in [6.45, 7) is 5.47. The van der Waals surface area contributed by atoms with E-state index in [1.807, 2.05) is 24.3 Å². The first-order chi connectivity index (χ1) is 13.4. The lowest BCUT2D eigenvalue weighted by Gasteiger charge is -2.22. The van der Waals surface area contributed by atoms with Gasteiger partial charge in [-0.1, -0.05) is 54.6 Å². The highest BCUT2D eigenvalue weighted by Gasteiger charge is 2.25. The molecule has 1 aliphatic rings. The van der Waals surface area contributed by atoms with Gasteiger partial charge in [0, 0.05) is 31.8 Å². The minimum absolute atomic E-state index is 0.0772. The highest BCUT2D eigenvalue weighted by Crippen LogP contribution is 2.27. The predicted octanol–water partition coefficient (Wildman–Crippen LogP) is 3.19. The van der Waals surface area contributed by atoms with Crippen LogP contribution in [0.2, 0.25) is 0 Å². The molecule has 2 aromatic rings. The van der Waals surface area contributed by atoms with Gasteiger partial charge in [-0.3, -0.25) is 0 Å². The fraction of sp³-hybridized carbons (Fsp3) is 0.409. The van der Waals surface area contributed by atoms with Crippen LogP contribution in [-0.2, 0) is 22.1 Å². The van der Waals surface area contributed by atoms with E-state index in [-0.39, 0.29) is 5.75 Å². The van der Waals surface area contributed by atoms with Crippen LogP contribution in [0.25, 0.3) is 0 Å². The van der Waals surface area contributed by atoms with Crippen LogP contribution in [0.5, 0.6) is 0 Å². The second kappa shape index (κ2) is 9.24. The van der Waals surface area contributed by atoms with E-state index in [1.165, 1.54) is 11.8 Å². The molecule has 1 atom stereocenters. The van der Waals surface area contributed by atoms with E-state index in [4.69, 9.17) is 4.99 Å². The minimum Gasteiger partial charge on any atom is -0.357 e. The van der Waals surface area contributed by atoms with Gasteiger partial charge < -0.3 is 10.2 Å². The van der Waals surface area contributed by atoms with E-state index in [0.29, 0.717) is 12.5 Å². The molecule has 1 N–H and O–H groups in total. The fourth-order valence-electron chi connectivity index (χ4n) is 3.59. The molecule has 0 bridgehead atoms. The first kappa shape index (κ1) is 20.4. The van der Waals surface area contributed by atoms with Crippen LogP contribution in [0, 0.1) is 0 Å². The summed E-state index contributed by atoms with van der Waals surface area (Å²) in [5, 5.41) is 3.41. The largest absolute Gasteiger partial charge is 0.357 e. The molecule has 5 nitrogen and oxygen atoms in total. The molecule has 0 aliphatic carbocycles. The van der Waals surface area contributed by atoms with Crippen molar-refractivity contribution in [2.75, 3.05) is 25.9 Å². The van der Waals surface area contributed by atoms with Gasteiger partial charge in [0.15, 0.2) is 15.8 Å². The fourth-order valence-corrected chi connectivity index (χ4v) is 4.38. The Morgan fingerprint density at radius 1 is 1.11 bits per heavy atom. The van der Waals surface area contributed by atoms with Crippen molar-refractivity contribution in [1.29, 1.82) is 0 Å². The number of aliphatic imine (C=N–C) groups is 1. The smallest absolute Gasteiger partial charge is 0.194 e. The number of likely N-dealkylation sites (tertiary alicyclic amines) is 1. The van der Waals surface area contributed by atoms with E-state index < -0.39 is 9.84 Å². The summed E-state index contributed by atoms with van der Waals surface area (Å²) in [5.41, 5.74) is 3.28. The van der Waals surface area contributed by atoms with Gasteiger partial charge in [0.1, 0.15) is 0 Å². The lowest BCUT2D eigenvalue weighted by Crippen LogP contribution is -2.40. The van der Waals surface area contributed by atoms with Crippen molar-refractivity contribution in [3.63, 3.8) is 0 Å². The van der Waals surface area contributed by atoms with Crippen molar-refractivity contribution >= 4 is 15.8 Å². The van der Waals surface area contributed by atoms with E-state index in [1.54, 1.807) is 0 Å². The number of nitrogens with one attached hydrogen (secondary N) is 1. The molecule has 0 saturated carbocycles. The number of benzene rings is 2. The molecule has 1 aliphatic heterocycles. The van der Waals surface area contributed by atoms with Gasteiger partial charge in [-0.2, -0.15) is 0 Å². The van der Waals surface area contributed by atoms with Gasteiger partial charge in [-0.15, -0.1) is 0 Å². The summed E-state index contributed by atoms with van der Waals surface area (Å²) in [7, 11) is -3.01. The van der Waals surface area contributed by atoms with Crippen molar-refractivity contribution in [1.82, 2.24) is 10.2 Å². The summed E-state index contributed by atoms with van der Waals surface area (Å²) >= 11 is 0. The van der Waals surface area contributed by atoms with Crippen molar-refractivity contribution in [2.24, 2.45) is 4.99 Å². The van der Waals surface area contributed by atoms with E-state index in [2.05, 4.69) is 47.5 Å². The van der Waals surface area contributed by atoms with Crippen LogP contribution in [-0.4, -0.2) is 45.2 Å². The van der Waals surface area contributed by atoms with Crippen molar-refractivity contribution in [3.05, 3.63) is 71.3 Å². The average molecular weight is 400 g/mol. The van der Waals surface area contributed by atoms with Crippen molar-refractivity contribution in [2.45, 2.75) is 31.6 Å². The number of sulfone groups is 1. The van der Waals surface area contributed by atoms with Crippen molar-refractivity contribution < 1.29 is 8.42 Å². The number of guanidine groups is 1. The molecular weight excluding hydrogens is 370 g/mol. The Morgan fingerprint density at radius 3 is 2.43 bits per heavy atom. The average Bonchev–Trinajstić information content (AvgIpc) is 3.16. The molecule has 28 heavy (non-hydrogen) atoms. The van der Waals surface area contributed by atoms with Crippen LogP contribution in [0.4, 0.5) is 0 Å². The summed E-state index contributed by atoms with van der Waals surface area (Å²) in [4.78, 5) is 7.14. The molecule has 2 aromatic carbocycles. The number of nitrogens with zero attached hydrogens (tertiary/aromatic N) is 2. The van der Waals surface area contributed by atoms with Crippen LogP contribution in [0.15, 0.2) is 59.6 Å². The lowest BCUT2D eigenvalue weighted by atomic mass is 9.99. The van der Waals surface area contributed by atoms with Gasteiger partial charge in [-0.25, -0.2) is 13.4 Å². The predicted molar refractivity (Wildman–Crippen MR) is 115 cm³/mol. The summed E-state index contributed by atoms with van der Waals surface area (Å²) < 4.78 is 22.8. The normalized spacial score (nSPS) is 17.7. The zero-order chi connectivity index (χ0) is 20.0. The highest BCUT2D eigenvalue weighted by molar-refractivity contribution is 7.89. The van der Waals surface area contributed by atoms with Crippen LogP contribution < -0.4 is 5.32 Å². The van der Waals surface area contributed by atoms with Crippen LogP contribution >= 0.6 is 0 Å². The minimum atomic E-state index is -3.01. The maximum Gasteiger partial charge on any atom is 0.194 e. The molecule has 1 saturated heterocycles. The second-order valence-corrected chi connectivity index (χ2v) is 9.54. The molecule has 3 rings (SSSR count). The molecular formula is C22H29N3O2S. The maximum atomic E-state index is 11.4. The van der Waals surface area contributed by atoms with Gasteiger partial charge in [0.25, 0.3) is 0 Å². The molecule has 6 heteroatoms. The SMILES string of the molecule is CCNC(=NCc1ccc(CS(C)(=O)=O)cc1)N1CCC(c2ccccc2)C1. The third kappa shape index (κ3) is 5.83. The Bertz CT molecular complexity index is 893. The Balaban J connectivity index is 1.64.